The van der Waals surface area contributed by atoms with Crippen LogP contribution < -0.4 is 4.90 Å². The molecule has 1 fully saturated rings. The Morgan fingerprint density at radius 3 is 2.68 bits per heavy atom. The summed E-state index contributed by atoms with van der Waals surface area (Å²) >= 11 is 0. The van der Waals surface area contributed by atoms with Crippen LogP contribution in [0, 0.1) is 0 Å². The number of fused-ring (bicyclic) bond motifs is 1. The normalized spacial score (nSPS) is 19.5. The van der Waals surface area contributed by atoms with E-state index in [1.807, 2.05) is 30.3 Å². The molecule has 1 aromatic heterocycles. The lowest BCUT2D eigenvalue weighted by atomic mass is 10.0. The van der Waals surface area contributed by atoms with Gasteiger partial charge < -0.3 is 14.7 Å². The van der Waals surface area contributed by atoms with Gasteiger partial charge in [0.2, 0.25) is 0 Å². The second-order valence-corrected chi connectivity index (χ2v) is 6.63. The molecule has 6 nitrogen and oxygen atoms in total. The number of morpholine rings is 1. The van der Waals surface area contributed by atoms with Crippen molar-refractivity contribution in [2.45, 2.75) is 19.1 Å². The zero-order valence-corrected chi connectivity index (χ0v) is 14.3. The van der Waals surface area contributed by atoms with Crippen LogP contribution in [-0.2, 0) is 17.7 Å². The predicted molar refractivity (Wildman–Crippen MR) is 95.4 cm³/mol. The van der Waals surface area contributed by atoms with E-state index in [1.54, 1.807) is 6.33 Å². The van der Waals surface area contributed by atoms with Crippen LogP contribution in [-0.4, -0.2) is 59.4 Å². The van der Waals surface area contributed by atoms with Crippen molar-refractivity contribution in [3.8, 4) is 0 Å². The van der Waals surface area contributed by atoms with Crippen molar-refractivity contribution in [3.05, 3.63) is 53.5 Å². The van der Waals surface area contributed by atoms with Crippen LogP contribution in [0.4, 0.5) is 5.82 Å². The number of nitrogens with zero attached hydrogens (tertiary/aromatic N) is 4. The van der Waals surface area contributed by atoms with E-state index in [0.29, 0.717) is 6.54 Å². The first-order valence-electron chi connectivity index (χ1n) is 8.92. The highest BCUT2D eigenvalue weighted by molar-refractivity contribution is 5.49. The van der Waals surface area contributed by atoms with Crippen LogP contribution in [0.25, 0.3) is 0 Å². The third-order valence-corrected chi connectivity index (χ3v) is 4.98. The van der Waals surface area contributed by atoms with Crippen molar-refractivity contribution in [1.82, 2.24) is 14.9 Å². The Labute approximate surface area is 148 Å². The summed E-state index contributed by atoms with van der Waals surface area (Å²) in [5.74, 6) is 1.03. The van der Waals surface area contributed by atoms with Gasteiger partial charge in [-0.25, -0.2) is 9.97 Å². The lowest BCUT2D eigenvalue weighted by molar-refractivity contribution is 0.105. The van der Waals surface area contributed by atoms with Gasteiger partial charge in [-0.05, 0) is 5.56 Å². The Balaban J connectivity index is 1.50. The number of hydrogen-bond acceptors (Lipinski definition) is 6. The van der Waals surface area contributed by atoms with Crippen molar-refractivity contribution >= 4 is 5.82 Å². The standard InChI is InChI=1S/C19H24N4O2/c24-18(15-4-2-1-3-5-15)13-22-7-6-17-16(12-22)19(21-14-20-17)23-8-10-25-11-9-23/h1-5,14,18,24H,6-13H2/t18-/m1/s1. The molecule has 6 heteroatoms. The largest absolute Gasteiger partial charge is 0.387 e. The Hall–Kier alpha value is -2.02. The van der Waals surface area contributed by atoms with E-state index < -0.39 is 6.10 Å². The number of ether oxygens (including phenoxy) is 1. The molecule has 0 amide bonds. The minimum atomic E-state index is -0.473. The van der Waals surface area contributed by atoms with Crippen LogP contribution in [0.1, 0.15) is 22.9 Å². The molecule has 1 N–H and O–H groups in total. The van der Waals surface area contributed by atoms with Gasteiger partial charge in [0.1, 0.15) is 12.1 Å². The topological polar surface area (TPSA) is 61.7 Å². The van der Waals surface area contributed by atoms with Crippen molar-refractivity contribution in [2.75, 3.05) is 44.3 Å². The van der Waals surface area contributed by atoms with E-state index in [-0.39, 0.29) is 0 Å². The molecule has 0 spiro atoms. The summed E-state index contributed by atoms with van der Waals surface area (Å²) < 4.78 is 5.46. The van der Waals surface area contributed by atoms with Crippen LogP contribution in [0.5, 0.6) is 0 Å². The smallest absolute Gasteiger partial charge is 0.136 e. The third-order valence-electron chi connectivity index (χ3n) is 4.98. The number of rotatable bonds is 4. The zero-order valence-electron chi connectivity index (χ0n) is 14.3. The van der Waals surface area contributed by atoms with Crippen LogP contribution in [0.15, 0.2) is 36.7 Å². The van der Waals surface area contributed by atoms with Crippen LogP contribution >= 0.6 is 0 Å². The second-order valence-electron chi connectivity index (χ2n) is 6.63. The van der Waals surface area contributed by atoms with Gasteiger partial charge in [0.15, 0.2) is 0 Å². The Bertz CT molecular complexity index is 704. The van der Waals surface area contributed by atoms with E-state index >= 15 is 0 Å². The highest BCUT2D eigenvalue weighted by Gasteiger charge is 2.26. The molecule has 2 aliphatic rings. The minimum Gasteiger partial charge on any atom is -0.387 e. The van der Waals surface area contributed by atoms with Gasteiger partial charge in [-0.1, -0.05) is 30.3 Å². The average molecular weight is 340 g/mol. The molecular formula is C19H24N4O2. The van der Waals surface area contributed by atoms with Crippen molar-refractivity contribution in [1.29, 1.82) is 0 Å². The summed E-state index contributed by atoms with van der Waals surface area (Å²) in [6.45, 7) is 5.56. The van der Waals surface area contributed by atoms with E-state index in [2.05, 4.69) is 19.8 Å². The average Bonchev–Trinajstić information content (AvgIpc) is 2.69. The molecular weight excluding hydrogens is 316 g/mol. The number of benzene rings is 1. The monoisotopic (exact) mass is 340 g/mol. The number of β-amino-alcohol motifs (C(OH)–C–C–N with tert-alkyl or cyclic N) is 1. The first-order valence-corrected chi connectivity index (χ1v) is 8.92. The molecule has 4 rings (SSSR count). The third kappa shape index (κ3) is 3.66. The highest BCUT2D eigenvalue weighted by atomic mass is 16.5. The fourth-order valence-electron chi connectivity index (χ4n) is 3.61. The number of aromatic nitrogens is 2. The number of aliphatic hydroxyl groups excluding tert-OH is 1. The van der Waals surface area contributed by atoms with Gasteiger partial charge in [0.25, 0.3) is 0 Å². The zero-order chi connectivity index (χ0) is 17.1. The molecule has 2 aromatic rings. The molecule has 132 valence electrons. The molecule has 2 aliphatic heterocycles. The van der Waals surface area contributed by atoms with Gasteiger partial charge >= 0.3 is 0 Å². The number of hydrogen-bond donors (Lipinski definition) is 1. The number of aliphatic hydroxyl groups is 1. The van der Waals surface area contributed by atoms with Gasteiger partial charge in [-0.3, -0.25) is 4.90 Å². The molecule has 0 aliphatic carbocycles. The lowest BCUT2D eigenvalue weighted by Gasteiger charge is -2.34. The molecule has 1 atom stereocenters. The highest BCUT2D eigenvalue weighted by Crippen LogP contribution is 2.27. The maximum Gasteiger partial charge on any atom is 0.136 e. The van der Waals surface area contributed by atoms with Gasteiger partial charge in [0, 0.05) is 44.7 Å². The summed E-state index contributed by atoms with van der Waals surface area (Å²) in [5, 5.41) is 10.5. The van der Waals surface area contributed by atoms with Gasteiger partial charge in [0.05, 0.1) is 25.0 Å². The fraction of sp³-hybridized carbons (Fsp3) is 0.474. The van der Waals surface area contributed by atoms with Crippen molar-refractivity contribution in [2.24, 2.45) is 0 Å². The molecule has 25 heavy (non-hydrogen) atoms. The predicted octanol–water partition coefficient (Wildman–Crippen LogP) is 1.40. The van der Waals surface area contributed by atoms with Gasteiger partial charge in [-0.15, -0.1) is 0 Å². The maximum absolute atomic E-state index is 10.5. The Kier molecular flexibility index (Phi) is 4.92. The molecule has 0 saturated carbocycles. The second kappa shape index (κ2) is 7.47. The summed E-state index contributed by atoms with van der Waals surface area (Å²) in [7, 11) is 0. The van der Waals surface area contributed by atoms with Crippen LogP contribution in [0.2, 0.25) is 0 Å². The molecule has 0 radical (unpaired) electrons. The summed E-state index contributed by atoms with van der Waals surface area (Å²) in [6, 6.07) is 9.86. The van der Waals surface area contributed by atoms with E-state index in [0.717, 1.165) is 62.9 Å². The molecule has 0 unspecified atom stereocenters. The first-order chi connectivity index (χ1) is 12.3. The van der Waals surface area contributed by atoms with Gasteiger partial charge in [-0.2, -0.15) is 0 Å². The molecule has 0 bridgehead atoms. The van der Waals surface area contributed by atoms with E-state index in [1.165, 1.54) is 5.56 Å². The first kappa shape index (κ1) is 16.4. The van der Waals surface area contributed by atoms with Crippen molar-refractivity contribution < 1.29 is 9.84 Å². The minimum absolute atomic E-state index is 0.473. The fourth-order valence-corrected chi connectivity index (χ4v) is 3.61. The summed E-state index contributed by atoms with van der Waals surface area (Å²) in [6.07, 6.45) is 2.11. The maximum atomic E-state index is 10.5. The van der Waals surface area contributed by atoms with E-state index in [4.69, 9.17) is 4.74 Å². The Morgan fingerprint density at radius 2 is 1.88 bits per heavy atom. The van der Waals surface area contributed by atoms with Crippen molar-refractivity contribution in [3.63, 3.8) is 0 Å². The van der Waals surface area contributed by atoms with E-state index in [9.17, 15) is 5.11 Å². The number of anilines is 1. The lowest BCUT2D eigenvalue weighted by Crippen LogP contribution is -2.40. The molecule has 1 saturated heterocycles. The quantitative estimate of drug-likeness (QED) is 0.908. The SMILES string of the molecule is O[C@H](CN1CCc2ncnc(N3CCOCC3)c2C1)c1ccccc1. The summed E-state index contributed by atoms with van der Waals surface area (Å²) in [5.41, 5.74) is 3.31. The Morgan fingerprint density at radius 1 is 1.08 bits per heavy atom. The molecule has 3 heterocycles. The van der Waals surface area contributed by atoms with Crippen LogP contribution in [0.3, 0.4) is 0 Å². The molecule has 1 aromatic carbocycles. The summed E-state index contributed by atoms with van der Waals surface area (Å²) in [4.78, 5) is 13.6.